The minimum Gasteiger partial charge on any atom is -0.382 e. The van der Waals surface area contributed by atoms with Crippen molar-refractivity contribution in [1.82, 2.24) is 0 Å². The lowest BCUT2D eigenvalue weighted by molar-refractivity contribution is 0.140. The van der Waals surface area contributed by atoms with E-state index < -0.39 is 0 Å². The van der Waals surface area contributed by atoms with E-state index in [-0.39, 0.29) is 6.04 Å². The molecule has 0 aliphatic rings. The summed E-state index contributed by atoms with van der Waals surface area (Å²) in [5, 5.41) is 0. The standard InChI is InChI=1S/C8H15NO/c1-3-5-8(9)6-7-10-4-2/h1,8H,4-7,9H2,2H3. The number of terminal acetylenes is 1. The highest BCUT2D eigenvalue weighted by Gasteiger charge is 1.98. The monoisotopic (exact) mass is 141 g/mol. The lowest BCUT2D eigenvalue weighted by Gasteiger charge is -2.06. The van der Waals surface area contributed by atoms with Crippen molar-refractivity contribution in [2.45, 2.75) is 25.8 Å². The minimum absolute atomic E-state index is 0.108. The fraction of sp³-hybridized carbons (Fsp3) is 0.750. The normalized spacial score (nSPS) is 12.5. The van der Waals surface area contributed by atoms with E-state index in [9.17, 15) is 0 Å². The molecule has 0 aromatic carbocycles. The van der Waals surface area contributed by atoms with E-state index in [4.69, 9.17) is 16.9 Å². The van der Waals surface area contributed by atoms with E-state index in [2.05, 4.69) is 5.92 Å². The molecule has 2 N–H and O–H groups in total. The van der Waals surface area contributed by atoms with Crippen LogP contribution in [0.4, 0.5) is 0 Å². The van der Waals surface area contributed by atoms with Crippen LogP contribution in [0.1, 0.15) is 19.8 Å². The van der Waals surface area contributed by atoms with E-state index in [0.717, 1.165) is 19.6 Å². The molecule has 0 saturated heterocycles. The summed E-state index contributed by atoms with van der Waals surface area (Å²) in [5.74, 6) is 2.51. The van der Waals surface area contributed by atoms with Crippen molar-refractivity contribution in [3.63, 3.8) is 0 Å². The third kappa shape index (κ3) is 5.61. The van der Waals surface area contributed by atoms with Crippen LogP contribution in [0.3, 0.4) is 0 Å². The molecule has 0 saturated carbocycles. The summed E-state index contributed by atoms with van der Waals surface area (Å²) >= 11 is 0. The van der Waals surface area contributed by atoms with Gasteiger partial charge in [-0.1, -0.05) is 0 Å². The van der Waals surface area contributed by atoms with E-state index >= 15 is 0 Å². The fourth-order valence-electron chi connectivity index (χ4n) is 0.632. The molecule has 0 amide bonds. The van der Waals surface area contributed by atoms with Gasteiger partial charge in [0.25, 0.3) is 0 Å². The quantitative estimate of drug-likeness (QED) is 0.453. The Labute approximate surface area is 62.7 Å². The number of ether oxygens (including phenoxy) is 1. The smallest absolute Gasteiger partial charge is 0.0480 e. The fourth-order valence-corrected chi connectivity index (χ4v) is 0.632. The maximum atomic E-state index is 5.60. The highest BCUT2D eigenvalue weighted by atomic mass is 16.5. The van der Waals surface area contributed by atoms with Gasteiger partial charge in [0.05, 0.1) is 0 Å². The van der Waals surface area contributed by atoms with E-state index in [1.807, 2.05) is 6.92 Å². The average molecular weight is 141 g/mol. The molecular weight excluding hydrogens is 126 g/mol. The van der Waals surface area contributed by atoms with Crippen molar-refractivity contribution in [2.24, 2.45) is 5.73 Å². The number of rotatable bonds is 5. The first kappa shape index (κ1) is 9.48. The molecule has 0 aromatic rings. The predicted molar refractivity (Wildman–Crippen MR) is 42.5 cm³/mol. The molecule has 1 atom stereocenters. The van der Waals surface area contributed by atoms with Crippen molar-refractivity contribution in [2.75, 3.05) is 13.2 Å². The molecule has 2 nitrogen and oxygen atoms in total. The van der Waals surface area contributed by atoms with Crippen molar-refractivity contribution in [3.8, 4) is 12.3 Å². The van der Waals surface area contributed by atoms with Gasteiger partial charge in [-0.2, -0.15) is 0 Å². The van der Waals surface area contributed by atoms with Gasteiger partial charge in [0.2, 0.25) is 0 Å². The second kappa shape index (κ2) is 6.60. The zero-order valence-electron chi connectivity index (χ0n) is 6.47. The topological polar surface area (TPSA) is 35.2 Å². The van der Waals surface area contributed by atoms with Crippen LogP contribution < -0.4 is 5.73 Å². The molecule has 10 heavy (non-hydrogen) atoms. The highest BCUT2D eigenvalue weighted by molar-refractivity contribution is 4.88. The maximum absolute atomic E-state index is 5.60. The second-order valence-corrected chi connectivity index (χ2v) is 2.15. The van der Waals surface area contributed by atoms with Crippen molar-refractivity contribution < 1.29 is 4.74 Å². The van der Waals surface area contributed by atoms with Crippen LogP contribution in [0.5, 0.6) is 0 Å². The van der Waals surface area contributed by atoms with Gasteiger partial charge in [0.1, 0.15) is 0 Å². The molecule has 0 radical (unpaired) electrons. The Kier molecular flexibility index (Phi) is 6.25. The molecule has 0 aliphatic carbocycles. The molecule has 0 heterocycles. The molecule has 0 fully saturated rings. The third-order valence-corrected chi connectivity index (χ3v) is 1.22. The summed E-state index contributed by atoms with van der Waals surface area (Å²) in [6.45, 7) is 3.44. The first-order valence-corrected chi connectivity index (χ1v) is 3.58. The molecular formula is C8H15NO. The molecule has 0 bridgehead atoms. The first-order valence-electron chi connectivity index (χ1n) is 3.58. The summed E-state index contributed by atoms with van der Waals surface area (Å²) in [6.07, 6.45) is 6.57. The van der Waals surface area contributed by atoms with E-state index in [1.165, 1.54) is 0 Å². The van der Waals surface area contributed by atoms with E-state index in [0.29, 0.717) is 6.42 Å². The van der Waals surface area contributed by atoms with Crippen molar-refractivity contribution >= 4 is 0 Å². The van der Waals surface area contributed by atoms with Crippen LogP contribution in [0.25, 0.3) is 0 Å². The lowest BCUT2D eigenvalue weighted by atomic mass is 10.2. The Bertz CT molecular complexity index is 106. The van der Waals surface area contributed by atoms with Crippen LogP contribution in [0, 0.1) is 12.3 Å². The van der Waals surface area contributed by atoms with Crippen LogP contribution in [-0.2, 0) is 4.74 Å². The first-order chi connectivity index (χ1) is 4.81. The van der Waals surface area contributed by atoms with Gasteiger partial charge < -0.3 is 10.5 Å². The Morgan fingerprint density at radius 2 is 2.40 bits per heavy atom. The third-order valence-electron chi connectivity index (χ3n) is 1.22. The Hall–Kier alpha value is -0.520. The van der Waals surface area contributed by atoms with Gasteiger partial charge in [-0.05, 0) is 13.3 Å². The highest BCUT2D eigenvalue weighted by Crippen LogP contribution is 1.92. The maximum Gasteiger partial charge on any atom is 0.0480 e. The molecule has 0 aromatic heterocycles. The van der Waals surface area contributed by atoms with Gasteiger partial charge in [-0.3, -0.25) is 0 Å². The average Bonchev–Trinajstić information content (AvgIpc) is 1.89. The van der Waals surface area contributed by atoms with Crippen molar-refractivity contribution in [3.05, 3.63) is 0 Å². The van der Waals surface area contributed by atoms with Crippen LogP contribution in [-0.4, -0.2) is 19.3 Å². The number of hydrogen-bond donors (Lipinski definition) is 1. The number of nitrogens with two attached hydrogens (primary N) is 1. The van der Waals surface area contributed by atoms with Crippen LogP contribution in [0.15, 0.2) is 0 Å². The molecule has 0 rings (SSSR count). The number of hydrogen-bond acceptors (Lipinski definition) is 2. The Morgan fingerprint density at radius 3 is 2.90 bits per heavy atom. The molecule has 1 unspecified atom stereocenters. The van der Waals surface area contributed by atoms with Gasteiger partial charge in [-0.15, -0.1) is 12.3 Å². The minimum atomic E-state index is 0.108. The summed E-state index contributed by atoms with van der Waals surface area (Å²) in [6, 6.07) is 0.108. The zero-order valence-corrected chi connectivity index (χ0v) is 6.47. The van der Waals surface area contributed by atoms with Crippen LogP contribution >= 0.6 is 0 Å². The second-order valence-electron chi connectivity index (χ2n) is 2.15. The summed E-state index contributed by atoms with van der Waals surface area (Å²) in [7, 11) is 0. The SMILES string of the molecule is C#CCC(N)CCOCC. The molecule has 0 aliphatic heterocycles. The zero-order chi connectivity index (χ0) is 7.82. The predicted octanol–water partition coefficient (Wildman–Crippen LogP) is 0.764. The molecule has 0 spiro atoms. The van der Waals surface area contributed by atoms with Gasteiger partial charge in [0.15, 0.2) is 0 Å². The van der Waals surface area contributed by atoms with Gasteiger partial charge in [-0.25, -0.2) is 0 Å². The Morgan fingerprint density at radius 1 is 1.70 bits per heavy atom. The molecule has 2 heteroatoms. The largest absolute Gasteiger partial charge is 0.382 e. The van der Waals surface area contributed by atoms with E-state index in [1.54, 1.807) is 0 Å². The van der Waals surface area contributed by atoms with Crippen molar-refractivity contribution in [1.29, 1.82) is 0 Å². The summed E-state index contributed by atoms with van der Waals surface area (Å²) < 4.78 is 5.10. The lowest BCUT2D eigenvalue weighted by Crippen LogP contribution is -2.21. The van der Waals surface area contributed by atoms with Crippen LogP contribution in [0.2, 0.25) is 0 Å². The van der Waals surface area contributed by atoms with Gasteiger partial charge >= 0.3 is 0 Å². The molecule has 58 valence electrons. The Balaban J connectivity index is 3.06. The summed E-state index contributed by atoms with van der Waals surface area (Å²) in [4.78, 5) is 0. The van der Waals surface area contributed by atoms with Gasteiger partial charge in [0, 0.05) is 25.7 Å². The summed E-state index contributed by atoms with van der Waals surface area (Å²) in [5.41, 5.74) is 5.60.